The molecule has 1 saturated heterocycles. The van der Waals surface area contributed by atoms with Crippen molar-refractivity contribution in [1.82, 2.24) is 0 Å². The first-order chi connectivity index (χ1) is 12.4. The van der Waals surface area contributed by atoms with Gasteiger partial charge >= 0.3 is 0 Å². The Morgan fingerprint density at radius 2 is 1.92 bits per heavy atom. The van der Waals surface area contributed by atoms with E-state index >= 15 is 0 Å². The van der Waals surface area contributed by atoms with Crippen LogP contribution in [0.15, 0.2) is 42.5 Å². The van der Waals surface area contributed by atoms with E-state index in [4.69, 9.17) is 4.74 Å². The quantitative estimate of drug-likeness (QED) is 0.873. The second-order valence-corrected chi connectivity index (χ2v) is 8.33. The van der Waals surface area contributed by atoms with E-state index in [-0.39, 0.29) is 18.1 Å². The van der Waals surface area contributed by atoms with Gasteiger partial charge in [-0.3, -0.25) is 9.10 Å². The van der Waals surface area contributed by atoms with E-state index in [2.05, 4.69) is 5.32 Å². The lowest BCUT2D eigenvalue weighted by atomic mass is 10.1. The van der Waals surface area contributed by atoms with Crippen molar-refractivity contribution in [2.45, 2.75) is 19.8 Å². The summed E-state index contributed by atoms with van der Waals surface area (Å²) < 4.78 is 30.6. The third-order valence-electron chi connectivity index (χ3n) is 4.38. The number of hydrogen-bond donors (Lipinski definition) is 1. The summed E-state index contributed by atoms with van der Waals surface area (Å²) in [6.45, 7) is 2.45. The molecule has 7 heteroatoms. The highest BCUT2D eigenvalue weighted by Gasteiger charge is 2.28. The van der Waals surface area contributed by atoms with Crippen molar-refractivity contribution in [2.75, 3.05) is 29.0 Å². The Bertz CT molecular complexity index is 908. The molecule has 1 fully saturated rings. The first-order valence-electron chi connectivity index (χ1n) is 8.43. The first-order valence-corrected chi connectivity index (χ1v) is 10.0. The number of anilines is 2. The number of ether oxygens (including phenoxy) is 1. The molecule has 0 saturated carbocycles. The zero-order chi connectivity index (χ0) is 18.7. The minimum absolute atomic E-state index is 0.141. The second kappa shape index (κ2) is 7.37. The number of rotatable bonds is 5. The molecule has 6 nitrogen and oxygen atoms in total. The summed E-state index contributed by atoms with van der Waals surface area (Å²) in [5.41, 5.74) is 3.15. The second-order valence-electron chi connectivity index (χ2n) is 6.32. The number of hydrogen-bond acceptors (Lipinski definition) is 4. The Morgan fingerprint density at radius 3 is 2.54 bits per heavy atom. The number of methoxy groups -OCH3 is 1. The molecule has 138 valence electrons. The fourth-order valence-electron chi connectivity index (χ4n) is 3.01. The maximum Gasteiger partial charge on any atom is 0.235 e. The van der Waals surface area contributed by atoms with Gasteiger partial charge in [-0.15, -0.1) is 0 Å². The molecule has 0 bridgehead atoms. The lowest BCUT2D eigenvalue weighted by Crippen LogP contribution is -2.25. The topological polar surface area (TPSA) is 75.7 Å². The molecule has 0 aliphatic carbocycles. The highest BCUT2D eigenvalue weighted by Crippen LogP contribution is 2.25. The number of amides is 1. The highest BCUT2D eigenvalue weighted by atomic mass is 32.2. The van der Waals surface area contributed by atoms with Crippen LogP contribution in [0.4, 0.5) is 11.4 Å². The highest BCUT2D eigenvalue weighted by molar-refractivity contribution is 7.93. The van der Waals surface area contributed by atoms with Gasteiger partial charge in [-0.2, -0.15) is 0 Å². The summed E-state index contributed by atoms with van der Waals surface area (Å²) in [6.07, 6.45) is 0.875. The minimum atomic E-state index is -3.19. The van der Waals surface area contributed by atoms with Gasteiger partial charge in [0.15, 0.2) is 0 Å². The van der Waals surface area contributed by atoms with Gasteiger partial charge in [0, 0.05) is 12.2 Å². The van der Waals surface area contributed by atoms with Crippen LogP contribution in [0, 0.1) is 6.92 Å². The largest absolute Gasteiger partial charge is 0.496 e. The molecule has 1 aliphatic heterocycles. The summed E-state index contributed by atoms with van der Waals surface area (Å²) in [7, 11) is -1.59. The third-order valence-corrected chi connectivity index (χ3v) is 6.25. The SMILES string of the molecule is COc1cc(CC(=O)Nc2ccc(N3CCCS3(=O)=O)cc2)ccc1C. The minimum Gasteiger partial charge on any atom is -0.496 e. The number of aryl methyl sites for hydroxylation is 1. The molecule has 3 rings (SSSR count). The number of nitrogens with zero attached hydrogens (tertiary/aromatic N) is 1. The summed E-state index contributed by atoms with van der Waals surface area (Å²) in [4.78, 5) is 12.3. The van der Waals surface area contributed by atoms with Crippen molar-refractivity contribution in [3.8, 4) is 5.75 Å². The van der Waals surface area contributed by atoms with Crippen molar-refractivity contribution in [3.05, 3.63) is 53.6 Å². The van der Waals surface area contributed by atoms with Gasteiger partial charge in [0.25, 0.3) is 0 Å². The molecule has 0 spiro atoms. The van der Waals surface area contributed by atoms with Crippen LogP contribution in [-0.2, 0) is 21.2 Å². The molecule has 0 radical (unpaired) electrons. The molecule has 0 aromatic heterocycles. The predicted molar refractivity (Wildman–Crippen MR) is 102 cm³/mol. The Hall–Kier alpha value is -2.54. The van der Waals surface area contributed by atoms with Crippen molar-refractivity contribution in [1.29, 1.82) is 0 Å². The zero-order valence-electron chi connectivity index (χ0n) is 14.9. The monoisotopic (exact) mass is 374 g/mol. The summed E-state index contributed by atoms with van der Waals surface area (Å²) in [6, 6.07) is 12.6. The zero-order valence-corrected chi connectivity index (χ0v) is 15.7. The van der Waals surface area contributed by atoms with Crippen molar-refractivity contribution < 1.29 is 17.9 Å². The lowest BCUT2D eigenvalue weighted by molar-refractivity contribution is -0.115. The molecule has 2 aromatic rings. The molecule has 0 atom stereocenters. The van der Waals surface area contributed by atoms with Crippen LogP contribution in [0.3, 0.4) is 0 Å². The Kier molecular flexibility index (Phi) is 5.18. The molecule has 1 aliphatic rings. The summed E-state index contributed by atoms with van der Waals surface area (Å²) >= 11 is 0. The van der Waals surface area contributed by atoms with Gasteiger partial charge in [0.2, 0.25) is 15.9 Å². The molecular weight excluding hydrogens is 352 g/mol. The molecule has 1 N–H and O–H groups in total. The van der Waals surface area contributed by atoms with Gasteiger partial charge in [0.1, 0.15) is 5.75 Å². The van der Waals surface area contributed by atoms with Crippen LogP contribution in [0.25, 0.3) is 0 Å². The summed E-state index contributed by atoms with van der Waals surface area (Å²) in [5.74, 6) is 0.801. The van der Waals surface area contributed by atoms with Crippen molar-refractivity contribution in [3.63, 3.8) is 0 Å². The van der Waals surface area contributed by atoms with Crippen molar-refractivity contribution >= 4 is 27.3 Å². The molecule has 2 aromatic carbocycles. The average Bonchev–Trinajstić information content (AvgIpc) is 2.96. The van der Waals surface area contributed by atoms with Crippen molar-refractivity contribution in [2.24, 2.45) is 0 Å². The number of carbonyl (C=O) groups excluding carboxylic acids is 1. The van der Waals surface area contributed by atoms with E-state index < -0.39 is 10.0 Å². The molecule has 1 amide bonds. The molecule has 1 heterocycles. The van der Waals surface area contributed by atoms with Crippen LogP contribution in [0.1, 0.15) is 17.5 Å². The number of carbonyl (C=O) groups is 1. The van der Waals surface area contributed by atoms with E-state index in [1.54, 1.807) is 31.4 Å². The average molecular weight is 374 g/mol. The number of nitrogens with one attached hydrogen (secondary N) is 1. The summed E-state index contributed by atoms with van der Waals surface area (Å²) in [5, 5.41) is 2.83. The maximum absolute atomic E-state index is 12.3. The van der Waals surface area contributed by atoms with Crippen LogP contribution in [0.5, 0.6) is 5.75 Å². The number of sulfonamides is 1. The predicted octanol–water partition coefficient (Wildman–Crippen LogP) is 2.72. The van der Waals surface area contributed by atoms with E-state index in [0.29, 0.717) is 24.3 Å². The fourth-order valence-corrected chi connectivity index (χ4v) is 4.57. The Labute approximate surface area is 153 Å². The van der Waals surface area contributed by atoms with Gasteiger partial charge < -0.3 is 10.1 Å². The van der Waals surface area contributed by atoms with Crippen LogP contribution in [0.2, 0.25) is 0 Å². The third kappa shape index (κ3) is 3.99. The Morgan fingerprint density at radius 1 is 1.19 bits per heavy atom. The standard InChI is InChI=1S/C19H22N2O4S/c1-14-4-5-15(12-18(14)25-2)13-19(22)20-16-6-8-17(9-7-16)21-10-3-11-26(21,23)24/h4-9,12H,3,10-11,13H2,1-2H3,(H,20,22). The molecule has 0 unspecified atom stereocenters. The van der Waals surface area contributed by atoms with Crippen LogP contribution < -0.4 is 14.4 Å². The lowest BCUT2D eigenvalue weighted by Gasteiger charge is -2.17. The van der Waals surface area contributed by atoms with Crippen LogP contribution in [-0.4, -0.2) is 33.7 Å². The number of benzene rings is 2. The maximum atomic E-state index is 12.3. The van der Waals surface area contributed by atoms with E-state index in [0.717, 1.165) is 16.9 Å². The van der Waals surface area contributed by atoms with Gasteiger partial charge in [-0.05, 0) is 54.8 Å². The van der Waals surface area contributed by atoms with E-state index in [1.807, 2.05) is 25.1 Å². The smallest absolute Gasteiger partial charge is 0.235 e. The van der Waals surface area contributed by atoms with Gasteiger partial charge in [-0.25, -0.2) is 8.42 Å². The van der Waals surface area contributed by atoms with E-state index in [1.165, 1.54) is 4.31 Å². The molecular formula is C19H22N2O4S. The van der Waals surface area contributed by atoms with Gasteiger partial charge in [-0.1, -0.05) is 12.1 Å². The van der Waals surface area contributed by atoms with Crippen LogP contribution >= 0.6 is 0 Å². The first kappa shape index (κ1) is 18.3. The van der Waals surface area contributed by atoms with Gasteiger partial charge in [0.05, 0.1) is 25.0 Å². The molecule has 26 heavy (non-hydrogen) atoms. The normalized spacial score (nSPS) is 15.7. The fraction of sp³-hybridized carbons (Fsp3) is 0.316. The Balaban J connectivity index is 1.65. The van der Waals surface area contributed by atoms with E-state index in [9.17, 15) is 13.2 Å².